The fourth-order valence-corrected chi connectivity index (χ4v) is 2.24. The number of benzene rings is 1. The molecule has 1 unspecified atom stereocenters. The Morgan fingerprint density at radius 1 is 1.29 bits per heavy atom. The SMILES string of the molecule is CCCCCC(O)c1ccccc1I. The summed E-state index contributed by atoms with van der Waals surface area (Å²) in [6.07, 6.45) is 4.13. The Bertz CT molecular complexity index is 273. The van der Waals surface area contributed by atoms with Crippen LogP contribution in [0.25, 0.3) is 0 Å². The molecule has 0 amide bonds. The number of aliphatic hydroxyl groups excluding tert-OH is 1. The maximum atomic E-state index is 9.92. The van der Waals surface area contributed by atoms with E-state index in [0.29, 0.717) is 0 Å². The fourth-order valence-electron chi connectivity index (χ4n) is 1.49. The van der Waals surface area contributed by atoms with E-state index in [4.69, 9.17) is 0 Å². The minimum absolute atomic E-state index is 0.283. The summed E-state index contributed by atoms with van der Waals surface area (Å²) >= 11 is 2.28. The van der Waals surface area contributed by atoms with Gasteiger partial charge in [-0.25, -0.2) is 0 Å². The molecule has 0 spiro atoms. The van der Waals surface area contributed by atoms with Crippen LogP contribution in [0.3, 0.4) is 0 Å². The summed E-state index contributed by atoms with van der Waals surface area (Å²) < 4.78 is 1.16. The molecule has 0 aliphatic rings. The van der Waals surface area contributed by atoms with Gasteiger partial charge in [0.15, 0.2) is 0 Å². The third-order valence-corrected chi connectivity index (χ3v) is 3.33. The van der Waals surface area contributed by atoms with Crippen molar-refractivity contribution in [3.63, 3.8) is 0 Å². The molecule has 1 aromatic carbocycles. The van der Waals surface area contributed by atoms with Gasteiger partial charge in [-0.2, -0.15) is 0 Å². The molecular formula is C12H17IO. The average molecular weight is 304 g/mol. The van der Waals surface area contributed by atoms with E-state index in [9.17, 15) is 5.11 Å². The summed E-state index contributed by atoms with van der Waals surface area (Å²) in [4.78, 5) is 0. The van der Waals surface area contributed by atoms with Crippen LogP contribution in [0.15, 0.2) is 24.3 Å². The smallest absolute Gasteiger partial charge is 0.0800 e. The van der Waals surface area contributed by atoms with Crippen LogP contribution in [0.1, 0.15) is 44.3 Å². The van der Waals surface area contributed by atoms with Gasteiger partial charge < -0.3 is 5.11 Å². The van der Waals surface area contributed by atoms with Gasteiger partial charge in [0.2, 0.25) is 0 Å². The second kappa shape index (κ2) is 6.40. The Kier molecular flexibility index (Phi) is 5.48. The summed E-state index contributed by atoms with van der Waals surface area (Å²) in [5.74, 6) is 0. The Labute approximate surface area is 99.7 Å². The minimum Gasteiger partial charge on any atom is -0.388 e. The Hall–Kier alpha value is -0.0900. The molecule has 0 aromatic heterocycles. The van der Waals surface area contributed by atoms with Crippen molar-refractivity contribution in [1.29, 1.82) is 0 Å². The Morgan fingerprint density at radius 2 is 2.00 bits per heavy atom. The molecule has 0 fully saturated rings. The third-order valence-electron chi connectivity index (χ3n) is 2.35. The Morgan fingerprint density at radius 3 is 2.64 bits per heavy atom. The molecule has 0 aliphatic heterocycles. The highest BCUT2D eigenvalue weighted by atomic mass is 127. The number of halogens is 1. The van der Waals surface area contributed by atoms with Crippen molar-refractivity contribution in [1.82, 2.24) is 0 Å². The number of hydrogen-bond acceptors (Lipinski definition) is 1. The first-order valence-electron chi connectivity index (χ1n) is 5.18. The van der Waals surface area contributed by atoms with Crippen LogP contribution in [0.5, 0.6) is 0 Å². The normalized spacial score (nSPS) is 12.8. The molecule has 1 N–H and O–H groups in total. The van der Waals surface area contributed by atoms with Crippen LogP contribution in [0.2, 0.25) is 0 Å². The zero-order valence-corrected chi connectivity index (χ0v) is 10.7. The first-order valence-corrected chi connectivity index (χ1v) is 6.26. The monoisotopic (exact) mass is 304 g/mol. The molecule has 0 aliphatic carbocycles. The lowest BCUT2D eigenvalue weighted by atomic mass is 10.0. The maximum Gasteiger partial charge on any atom is 0.0800 e. The molecular weight excluding hydrogens is 287 g/mol. The topological polar surface area (TPSA) is 20.2 Å². The van der Waals surface area contributed by atoms with Crippen LogP contribution in [0.4, 0.5) is 0 Å². The molecule has 0 saturated heterocycles. The van der Waals surface area contributed by atoms with Crippen molar-refractivity contribution >= 4 is 22.6 Å². The molecule has 1 atom stereocenters. The van der Waals surface area contributed by atoms with E-state index < -0.39 is 0 Å². The van der Waals surface area contributed by atoms with Gasteiger partial charge in [0.1, 0.15) is 0 Å². The highest BCUT2D eigenvalue weighted by molar-refractivity contribution is 14.1. The van der Waals surface area contributed by atoms with Crippen molar-refractivity contribution in [3.8, 4) is 0 Å². The van der Waals surface area contributed by atoms with Crippen LogP contribution in [-0.2, 0) is 0 Å². The van der Waals surface area contributed by atoms with Gasteiger partial charge >= 0.3 is 0 Å². The molecule has 1 aromatic rings. The first kappa shape index (κ1) is 12.0. The molecule has 14 heavy (non-hydrogen) atoms. The average Bonchev–Trinajstić information content (AvgIpc) is 2.18. The van der Waals surface area contributed by atoms with Gasteiger partial charge in [-0.05, 0) is 40.6 Å². The largest absolute Gasteiger partial charge is 0.388 e. The summed E-state index contributed by atoms with van der Waals surface area (Å²) in [5.41, 5.74) is 1.07. The van der Waals surface area contributed by atoms with E-state index in [2.05, 4.69) is 29.5 Å². The van der Waals surface area contributed by atoms with Gasteiger partial charge in [0, 0.05) is 3.57 Å². The summed E-state index contributed by atoms with van der Waals surface area (Å²) in [6, 6.07) is 8.04. The molecule has 0 radical (unpaired) electrons. The number of aliphatic hydroxyl groups is 1. The highest BCUT2D eigenvalue weighted by Crippen LogP contribution is 2.23. The zero-order valence-electron chi connectivity index (χ0n) is 8.54. The summed E-state index contributed by atoms with van der Waals surface area (Å²) in [7, 11) is 0. The molecule has 0 bridgehead atoms. The van der Waals surface area contributed by atoms with Crippen LogP contribution in [-0.4, -0.2) is 5.11 Å². The standard InChI is InChI=1S/C12H17IO/c1-2-3-4-9-12(14)10-7-5-6-8-11(10)13/h5-8,12,14H,2-4,9H2,1H3. The zero-order chi connectivity index (χ0) is 10.4. The van der Waals surface area contributed by atoms with E-state index >= 15 is 0 Å². The fraction of sp³-hybridized carbons (Fsp3) is 0.500. The molecule has 0 heterocycles. The van der Waals surface area contributed by atoms with E-state index in [1.54, 1.807) is 0 Å². The number of hydrogen-bond donors (Lipinski definition) is 1. The van der Waals surface area contributed by atoms with E-state index in [1.165, 1.54) is 12.8 Å². The number of unbranched alkanes of at least 4 members (excludes halogenated alkanes) is 2. The van der Waals surface area contributed by atoms with Crippen LogP contribution >= 0.6 is 22.6 Å². The van der Waals surface area contributed by atoms with E-state index in [-0.39, 0.29) is 6.10 Å². The van der Waals surface area contributed by atoms with Gasteiger partial charge in [-0.1, -0.05) is 44.4 Å². The van der Waals surface area contributed by atoms with Gasteiger partial charge in [0.05, 0.1) is 6.10 Å². The molecule has 1 nitrogen and oxygen atoms in total. The second-order valence-electron chi connectivity index (χ2n) is 3.53. The lowest BCUT2D eigenvalue weighted by Crippen LogP contribution is -1.99. The molecule has 2 heteroatoms. The maximum absolute atomic E-state index is 9.92. The highest BCUT2D eigenvalue weighted by Gasteiger charge is 2.09. The van der Waals surface area contributed by atoms with E-state index in [1.807, 2.05) is 24.3 Å². The quantitative estimate of drug-likeness (QED) is 0.646. The lowest BCUT2D eigenvalue weighted by Gasteiger charge is -2.12. The van der Waals surface area contributed by atoms with Gasteiger partial charge in [-0.3, -0.25) is 0 Å². The predicted octanol–water partition coefficient (Wildman–Crippen LogP) is 3.90. The minimum atomic E-state index is -0.283. The lowest BCUT2D eigenvalue weighted by molar-refractivity contribution is 0.163. The molecule has 1 rings (SSSR count). The Balaban J connectivity index is 2.51. The van der Waals surface area contributed by atoms with Crippen molar-refractivity contribution in [2.24, 2.45) is 0 Å². The number of rotatable bonds is 5. The van der Waals surface area contributed by atoms with Crippen molar-refractivity contribution in [3.05, 3.63) is 33.4 Å². The van der Waals surface area contributed by atoms with Crippen molar-refractivity contribution in [2.45, 2.75) is 38.7 Å². The first-order chi connectivity index (χ1) is 6.75. The predicted molar refractivity (Wildman–Crippen MR) is 68.3 cm³/mol. The van der Waals surface area contributed by atoms with Crippen LogP contribution < -0.4 is 0 Å². The summed E-state index contributed by atoms with van der Waals surface area (Å²) in [5, 5.41) is 9.92. The van der Waals surface area contributed by atoms with Gasteiger partial charge in [-0.15, -0.1) is 0 Å². The third kappa shape index (κ3) is 3.58. The summed E-state index contributed by atoms with van der Waals surface area (Å²) in [6.45, 7) is 2.18. The molecule has 78 valence electrons. The van der Waals surface area contributed by atoms with E-state index in [0.717, 1.165) is 22.0 Å². The van der Waals surface area contributed by atoms with Crippen molar-refractivity contribution < 1.29 is 5.11 Å². The van der Waals surface area contributed by atoms with Crippen LogP contribution in [0, 0.1) is 3.57 Å². The van der Waals surface area contributed by atoms with Crippen molar-refractivity contribution in [2.75, 3.05) is 0 Å². The van der Waals surface area contributed by atoms with Gasteiger partial charge in [0.25, 0.3) is 0 Å². The molecule has 0 saturated carbocycles. The second-order valence-corrected chi connectivity index (χ2v) is 4.70.